The highest BCUT2D eigenvalue weighted by Gasteiger charge is 2.18. The molecule has 0 heterocycles. The standard InChI is InChI=1S/C16H14BrN3O5/c1-25-13-7-11(16(22)14(8-13)20(23)24)9-18-19-15(21)6-10-2-4-12(17)5-3-10/h2-5,7-9,22H,6H2,1H3,(H,19,21)/b18-9-. The highest BCUT2D eigenvalue weighted by Crippen LogP contribution is 2.33. The molecule has 2 aromatic carbocycles. The zero-order valence-electron chi connectivity index (χ0n) is 13.1. The van der Waals surface area contributed by atoms with Crippen LogP contribution in [-0.4, -0.2) is 29.3 Å². The first kappa shape index (κ1) is 18.4. The number of rotatable bonds is 6. The molecule has 0 aromatic heterocycles. The van der Waals surface area contributed by atoms with E-state index >= 15 is 0 Å². The van der Waals surface area contributed by atoms with Crippen LogP contribution in [-0.2, 0) is 11.2 Å². The molecule has 0 saturated heterocycles. The van der Waals surface area contributed by atoms with E-state index < -0.39 is 16.4 Å². The van der Waals surface area contributed by atoms with Gasteiger partial charge in [0.2, 0.25) is 11.7 Å². The first-order valence-electron chi connectivity index (χ1n) is 7.02. The van der Waals surface area contributed by atoms with Gasteiger partial charge in [0, 0.05) is 10.0 Å². The van der Waals surface area contributed by atoms with Crippen LogP contribution < -0.4 is 10.2 Å². The first-order valence-corrected chi connectivity index (χ1v) is 7.81. The van der Waals surface area contributed by atoms with E-state index in [1.807, 2.05) is 12.1 Å². The molecule has 2 aromatic rings. The second-order valence-corrected chi connectivity index (χ2v) is 5.85. The van der Waals surface area contributed by atoms with Crippen LogP contribution in [0.25, 0.3) is 0 Å². The van der Waals surface area contributed by atoms with Crippen LogP contribution in [0.15, 0.2) is 46.0 Å². The van der Waals surface area contributed by atoms with Gasteiger partial charge in [-0.3, -0.25) is 14.9 Å². The summed E-state index contributed by atoms with van der Waals surface area (Å²) >= 11 is 3.31. The quantitative estimate of drug-likeness (QED) is 0.434. The Labute approximate surface area is 151 Å². The molecule has 0 radical (unpaired) electrons. The molecule has 0 spiro atoms. The summed E-state index contributed by atoms with van der Waals surface area (Å²) in [6.45, 7) is 0. The average molecular weight is 408 g/mol. The lowest BCUT2D eigenvalue weighted by molar-refractivity contribution is -0.385. The molecule has 2 N–H and O–H groups in total. The van der Waals surface area contributed by atoms with E-state index in [4.69, 9.17) is 4.74 Å². The Morgan fingerprint density at radius 2 is 2.08 bits per heavy atom. The summed E-state index contributed by atoms with van der Waals surface area (Å²) in [6, 6.07) is 9.69. The number of benzene rings is 2. The zero-order chi connectivity index (χ0) is 18.4. The maximum atomic E-state index is 11.8. The predicted molar refractivity (Wildman–Crippen MR) is 94.9 cm³/mol. The number of amides is 1. The number of aromatic hydroxyl groups is 1. The fraction of sp³-hybridized carbons (Fsp3) is 0.125. The fourth-order valence-electron chi connectivity index (χ4n) is 1.97. The van der Waals surface area contributed by atoms with Gasteiger partial charge in [0.15, 0.2) is 0 Å². The Kier molecular flexibility index (Phi) is 6.07. The molecule has 0 bridgehead atoms. The van der Waals surface area contributed by atoms with Crippen molar-refractivity contribution >= 4 is 33.7 Å². The highest BCUT2D eigenvalue weighted by atomic mass is 79.9. The lowest BCUT2D eigenvalue weighted by Crippen LogP contribution is -2.19. The van der Waals surface area contributed by atoms with Crippen molar-refractivity contribution in [2.45, 2.75) is 6.42 Å². The molecule has 25 heavy (non-hydrogen) atoms. The fourth-order valence-corrected chi connectivity index (χ4v) is 2.24. The molecule has 0 aliphatic heterocycles. The van der Waals surface area contributed by atoms with Gasteiger partial charge in [0.25, 0.3) is 0 Å². The van der Waals surface area contributed by atoms with Gasteiger partial charge < -0.3 is 9.84 Å². The van der Waals surface area contributed by atoms with Crippen LogP contribution in [0, 0.1) is 10.1 Å². The van der Waals surface area contributed by atoms with Gasteiger partial charge in [0.1, 0.15) is 5.75 Å². The third kappa shape index (κ3) is 5.01. The van der Waals surface area contributed by atoms with Crippen molar-refractivity contribution in [3.05, 3.63) is 62.1 Å². The second kappa shape index (κ2) is 8.25. The van der Waals surface area contributed by atoms with Gasteiger partial charge in [-0.2, -0.15) is 5.10 Å². The number of halogens is 1. The molecule has 0 aliphatic carbocycles. The molecule has 2 rings (SSSR count). The lowest BCUT2D eigenvalue weighted by atomic mass is 10.1. The van der Waals surface area contributed by atoms with E-state index in [0.717, 1.165) is 22.3 Å². The van der Waals surface area contributed by atoms with Crippen molar-refractivity contribution in [3.8, 4) is 11.5 Å². The van der Waals surface area contributed by atoms with Crippen molar-refractivity contribution in [3.63, 3.8) is 0 Å². The Hall–Kier alpha value is -2.94. The molecule has 0 unspecified atom stereocenters. The van der Waals surface area contributed by atoms with Crippen LogP contribution in [0.3, 0.4) is 0 Å². The summed E-state index contributed by atoms with van der Waals surface area (Å²) in [5.41, 5.74) is 2.65. The molecular formula is C16H14BrN3O5. The molecule has 0 saturated carbocycles. The SMILES string of the molecule is COc1cc(/C=N\NC(=O)Cc2ccc(Br)cc2)c(O)c([N+](=O)[O-])c1. The van der Waals surface area contributed by atoms with Crippen molar-refractivity contribution in [2.75, 3.05) is 7.11 Å². The van der Waals surface area contributed by atoms with E-state index in [-0.39, 0.29) is 23.6 Å². The summed E-state index contributed by atoms with van der Waals surface area (Å²) in [5, 5.41) is 24.5. The lowest BCUT2D eigenvalue weighted by Gasteiger charge is -2.05. The third-order valence-corrected chi connectivity index (χ3v) is 3.72. The number of phenols is 1. The molecular weight excluding hydrogens is 394 g/mol. The van der Waals surface area contributed by atoms with Crippen molar-refractivity contribution in [1.82, 2.24) is 5.43 Å². The van der Waals surface area contributed by atoms with Crippen molar-refractivity contribution in [1.29, 1.82) is 0 Å². The maximum Gasteiger partial charge on any atom is 0.315 e. The zero-order valence-corrected chi connectivity index (χ0v) is 14.7. The minimum Gasteiger partial charge on any atom is -0.502 e. The van der Waals surface area contributed by atoms with Gasteiger partial charge in [-0.15, -0.1) is 0 Å². The smallest absolute Gasteiger partial charge is 0.315 e. The van der Waals surface area contributed by atoms with Crippen LogP contribution in [0.1, 0.15) is 11.1 Å². The van der Waals surface area contributed by atoms with Gasteiger partial charge in [-0.1, -0.05) is 28.1 Å². The highest BCUT2D eigenvalue weighted by molar-refractivity contribution is 9.10. The summed E-state index contributed by atoms with van der Waals surface area (Å²) in [6.07, 6.45) is 1.24. The number of methoxy groups -OCH3 is 1. The number of carbonyl (C=O) groups is 1. The van der Waals surface area contributed by atoms with E-state index in [1.165, 1.54) is 13.2 Å². The third-order valence-electron chi connectivity index (χ3n) is 3.20. The topological polar surface area (TPSA) is 114 Å². The van der Waals surface area contributed by atoms with Crippen LogP contribution in [0.4, 0.5) is 5.69 Å². The second-order valence-electron chi connectivity index (χ2n) is 4.94. The predicted octanol–water partition coefficient (Wildman–Crippen LogP) is 2.76. The number of hydrazone groups is 1. The molecule has 9 heteroatoms. The number of ether oxygens (including phenoxy) is 1. The number of hydrogen-bond acceptors (Lipinski definition) is 6. The van der Waals surface area contributed by atoms with Crippen molar-refractivity contribution in [2.24, 2.45) is 5.10 Å². The average Bonchev–Trinajstić information content (AvgIpc) is 2.58. The molecule has 1 amide bonds. The number of hydrogen-bond donors (Lipinski definition) is 2. The minimum absolute atomic E-state index is 0.0509. The number of nitro benzene ring substituents is 1. The molecule has 130 valence electrons. The number of nitrogens with zero attached hydrogens (tertiary/aromatic N) is 2. The van der Waals surface area contributed by atoms with E-state index in [1.54, 1.807) is 12.1 Å². The Bertz CT molecular complexity index is 821. The number of nitro groups is 1. The number of carbonyl (C=O) groups excluding carboxylic acids is 1. The van der Waals surface area contributed by atoms with Crippen molar-refractivity contribution < 1.29 is 19.6 Å². The molecule has 0 fully saturated rings. The normalized spacial score (nSPS) is 10.6. The first-order chi connectivity index (χ1) is 11.9. The van der Waals surface area contributed by atoms with E-state index in [2.05, 4.69) is 26.5 Å². The summed E-state index contributed by atoms with van der Waals surface area (Å²) < 4.78 is 5.86. The Morgan fingerprint density at radius 3 is 2.68 bits per heavy atom. The Morgan fingerprint density at radius 1 is 1.40 bits per heavy atom. The summed E-state index contributed by atoms with van der Waals surface area (Å²) in [7, 11) is 1.34. The summed E-state index contributed by atoms with van der Waals surface area (Å²) in [5.74, 6) is -0.737. The van der Waals surface area contributed by atoms with Crippen LogP contribution >= 0.6 is 15.9 Å². The molecule has 0 atom stereocenters. The minimum atomic E-state index is -0.735. The van der Waals surface area contributed by atoms with Crippen LogP contribution in [0.2, 0.25) is 0 Å². The van der Waals surface area contributed by atoms with Gasteiger partial charge in [-0.05, 0) is 23.8 Å². The van der Waals surface area contributed by atoms with Gasteiger partial charge in [-0.25, -0.2) is 5.43 Å². The van der Waals surface area contributed by atoms with Crippen LogP contribution in [0.5, 0.6) is 11.5 Å². The maximum absolute atomic E-state index is 11.8. The summed E-state index contributed by atoms with van der Waals surface area (Å²) in [4.78, 5) is 22.0. The molecule has 0 aliphatic rings. The van der Waals surface area contributed by atoms with E-state index in [0.29, 0.717) is 0 Å². The largest absolute Gasteiger partial charge is 0.502 e. The number of nitrogens with one attached hydrogen (secondary N) is 1. The van der Waals surface area contributed by atoms with Gasteiger partial charge >= 0.3 is 5.69 Å². The number of phenolic OH excluding ortho intramolecular Hbond substituents is 1. The van der Waals surface area contributed by atoms with E-state index in [9.17, 15) is 20.0 Å². The monoisotopic (exact) mass is 407 g/mol. The molecule has 8 nitrogen and oxygen atoms in total. The van der Waals surface area contributed by atoms with Gasteiger partial charge in [0.05, 0.1) is 30.7 Å². The Balaban J connectivity index is 2.08.